The second-order valence-electron chi connectivity index (χ2n) is 6.55. The number of halogens is 1. The molecular formula is C21H27BrN2O3. The minimum atomic E-state index is -0.313. The van der Waals surface area contributed by atoms with Gasteiger partial charge in [0.05, 0.1) is 6.42 Å². The Balaban J connectivity index is 1.94. The predicted octanol–water partition coefficient (Wildman–Crippen LogP) is 5.12. The standard InChI is InChI=1S/C21H27BrN2O3/c1-4-15(5-2)14-24(6-3)20(25)13-16-7-9-17(10-8-16)23-21(26)18-11-12-19(22)27-18/h7-12,15H,4-6,13-14H2,1-3H3,(H,23,26). The number of nitrogens with zero attached hydrogens (tertiary/aromatic N) is 1. The molecule has 0 aliphatic heterocycles. The summed E-state index contributed by atoms with van der Waals surface area (Å²) in [5, 5.41) is 2.78. The van der Waals surface area contributed by atoms with Gasteiger partial charge in [-0.15, -0.1) is 0 Å². The number of hydrogen-bond donors (Lipinski definition) is 1. The van der Waals surface area contributed by atoms with Crippen LogP contribution in [0.4, 0.5) is 5.69 Å². The van der Waals surface area contributed by atoms with Gasteiger partial charge in [-0.3, -0.25) is 9.59 Å². The minimum absolute atomic E-state index is 0.140. The second kappa shape index (κ2) is 10.3. The zero-order valence-corrected chi connectivity index (χ0v) is 17.7. The lowest BCUT2D eigenvalue weighted by Crippen LogP contribution is -2.36. The summed E-state index contributed by atoms with van der Waals surface area (Å²) in [5.41, 5.74) is 1.59. The van der Waals surface area contributed by atoms with Gasteiger partial charge in [-0.05, 0) is 58.6 Å². The molecule has 146 valence electrons. The van der Waals surface area contributed by atoms with Gasteiger partial charge in [0, 0.05) is 18.8 Å². The molecule has 1 heterocycles. The van der Waals surface area contributed by atoms with Crippen molar-refractivity contribution in [1.82, 2.24) is 4.90 Å². The Bertz CT molecular complexity index is 751. The van der Waals surface area contributed by atoms with Gasteiger partial charge in [0.1, 0.15) is 0 Å². The molecule has 2 aromatic rings. The number of carbonyl (C=O) groups excluding carboxylic acids is 2. The van der Waals surface area contributed by atoms with Crippen molar-refractivity contribution in [1.29, 1.82) is 0 Å². The number of likely N-dealkylation sites (N-methyl/N-ethyl adjacent to an activating group) is 1. The molecule has 0 saturated heterocycles. The Morgan fingerprint density at radius 2 is 1.74 bits per heavy atom. The van der Waals surface area contributed by atoms with Gasteiger partial charge in [-0.1, -0.05) is 38.8 Å². The molecule has 0 atom stereocenters. The molecule has 5 nitrogen and oxygen atoms in total. The number of anilines is 1. The molecule has 0 fully saturated rings. The monoisotopic (exact) mass is 434 g/mol. The molecule has 6 heteroatoms. The Hall–Kier alpha value is -2.08. The van der Waals surface area contributed by atoms with Crippen LogP contribution in [-0.4, -0.2) is 29.8 Å². The molecular weight excluding hydrogens is 408 g/mol. The SMILES string of the molecule is CCC(CC)CN(CC)C(=O)Cc1ccc(NC(=O)c2ccc(Br)o2)cc1. The highest BCUT2D eigenvalue weighted by molar-refractivity contribution is 9.10. The Labute approximate surface area is 169 Å². The summed E-state index contributed by atoms with van der Waals surface area (Å²) in [6, 6.07) is 10.6. The van der Waals surface area contributed by atoms with Crippen molar-refractivity contribution < 1.29 is 14.0 Å². The number of amides is 2. The first-order chi connectivity index (χ1) is 13.0. The smallest absolute Gasteiger partial charge is 0.291 e. The lowest BCUT2D eigenvalue weighted by Gasteiger charge is -2.25. The van der Waals surface area contributed by atoms with Gasteiger partial charge in [0.15, 0.2) is 10.4 Å². The van der Waals surface area contributed by atoms with Crippen molar-refractivity contribution in [2.24, 2.45) is 5.92 Å². The molecule has 27 heavy (non-hydrogen) atoms. The highest BCUT2D eigenvalue weighted by Gasteiger charge is 2.16. The topological polar surface area (TPSA) is 62.6 Å². The van der Waals surface area contributed by atoms with Gasteiger partial charge < -0.3 is 14.6 Å². The molecule has 0 aliphatic carbocycles. The van der Waals surface area contributed by atoms with Crippen LogP contribution in [0.1, 0.15) is 49.7 Å². The van der Waals surface area contributed by atoms with E-state index < -0.39 is 0 Å². The first-order valence-corrected chi connectivity index (χ1v) is 10.2. The molecule has 0 aliphatic rings. The van der Waals surface area contributed by atoms with Gasteiger partial charge >= 0.3 is 0 Å². The van der Waals surface area contributed by atoms with E-state index >= 15 is 0 Å². The van der Waals surface area contributed by atoms with E-state index in [9.17, 15) is 9.59 Å². The van der Waals surface area contributed by atoms with E-state index in [1.165, 1.54) is 0 Å². The third kappa shape index (κ3) is 6.24. The zero-order valence-electron chi connectivity index (χ0n) is 16.1. The molecule has 1 aromatic carbocycles. The van der Waals surface area contributed by atoms with Crippen LogP contribution in [0.15, 0.2) is 45.5 Å². The predicted molar refractivity (Wildman–Crippen MR) is 111 cm³/mol. The normalized spacial score (nSPS) is 10.9. The molecule has 0 bridgehead atoms. The Morgan fingerprint density at radius 3 is 2.26 bits per heavy atom. The lowest BCUT2D eigenvalue weighted by molar-refractivity contribution is -0.130. The number of hydrogen-bond acceptors (Lipinski definition) is 3. The molecule has 2 amide bonds. The van der Waals surface area contributed by atoms with Gasteiger partial charge in [-0.25, -0.2) is 0 Å². The zero-order chi connectivity index (χ0) is 19.8. The van der Waals surface area contributed by atoms with Crippen molar-refractivity contribution in [2.45, 2.75) is 40.0 Å². The summed E-state index contributed by atoms with van der Waals surface area (Å²) in [6.07, 6.45) is 2.54. The fourth-order valence-electron chi connectivity index (χ4n) is 2.89. The molecule has 0 unspecified atom stereocenters. The Kier molecular flexibility index (Phi) is 8.10. The number of nitrogens with one attached hydrogen (secondary N) is 1. The lowest BCUT2D eigenvalue weighted by atomic mass is 10.0. The number of rotatable bonds is 9. The molecule has 2 rings (SSSR count). The summed E-state index contributed by atoms with van der Waals surface area (Å²) in [7, 11) is 0. The summed E-state index contributed by atoms with van der Waals surface area (Å²) < 4.78 is 5.75. The van der Waals surface area contributed by atoms with Gasteiger partial charge in [0.25, 0.3) is 5.91 Å². The van der Waals surface area contributed by atoms with Crippen LogP contribution in [0.5, 0.6) is 0 Å². The van der Waals surface area contributed by atoms with Crippen molar-refractivity contribution >= 4 is 33.4 Å². The maximum Gasteiger partial charge on any atom is 0.291 e. The average Bonchev–Trinajstić information content (AvgIpc) is 3.11. The fraction of sp³-hybridized carbons (Fsp3) is 0.429. The van der Waals surface area contributed by atoms with Crippen molar-refractivity contribution in [3.63, 3.8) is 0 Å². The summed E-state index contributed by atoms with van der Waals surface area (Å²) in [6.45, 7) is 7.89. The first-order valence-electron chi connectivity index (χ1n) is 9.40. The molecule has 0 spiro atoms. The Morgan fingerprint density at radius 1 is 1.07 bits per heavy atom. The van der Waals surface area contributed by atoms with E-state index in [-0.39, 0.29) is 17.6 Å². The van der Waals surface area contributed by atoms with Crippen LogP contribution < -0.4 is 5.32 Å². The first kappa shape index (κ1) is 21.2. The third-order valence-electron chi connectivity index (χ3n) is 4.73. The van der Waals surface area contributed by atoms with Crippen LogP contribution in [0.25, 0.3) is 0 Å². The van der Waals surface area contributed by atoms with Gasteiger partial charge in [-0.2, -0.15) is 0 Å². The number of carbonyl (C=O) groups is 2. The summed E-state index contributed by atoms with van der Waals surface area (Å²) in [4.78, 5) is 26.6. The maximum atomic E-state index is 12.6. The van der Waals surface area contributed by atoms with E-state index in [0.717, 1.165) is 31.5 Å². The molecule has 0 radical (unpaired) electrons. The molecule has 0 saturated carbocycles. The van der Waals surface area contributed by atoms with Crippen LogP contribution in [-0.2, 0) is 11.2 Å². The number of furan rings is 1. The van der Waals surface area contributed by atoms with E-state index in [1.807, 2.05) is 24.0 Å². The van der Waals surface area contributed by atoms with Gasteiger partial charge in [0.2, 0.25) is 5.91 Å². The highest BCUT2D eigenvalue weighted by Crippen LogP contribution is 2.17. The van der Waals surface area contributed by atoms with Crippen LogP contribution in [0.2, 0.25) is 0 Å². The molecule has 1 N–H and O–H groups in total. The largest absolute Gasteiger partial charge is 0.444 e. The fourth-order valence-corrected chi connectivity index (χ4v) is 3.19. The van der Waals surface area contributed by atoms with Crippen molar-refractivity contribution in [2.75, 3.05) is 18.4 Å². The maximum absolute atomic E-state index is 12.6. The quantitative estimate of drug-likeness (QED) is 0.595. The van der Waals surface area contributed by atoms with E-state index in [1.54, 1.807) is 24.3 Å². The van der Waals surface area contributed by atoms with Crippen LogP contribution >= 0.6 is 15.9 Å². The number of benzene rings is 1. The highest BCUT2D eigenvalue weighted by atomic mass is 79.9. The summed E-state index contributed by atoms with van der Waals surface area (Å²) >= 11 is 3.18. The minimum Gasteiger partial charge on any atom is -0.444 e. The summed E-state index contributed by atoms with van der Waals surface area (Å²) in [5.74, 6) is 0.614. The molecule has 1 aromatic heterocycles. The van der Waals surface area contributed by atoms with E-state index in [2.05, 4.69) is 35.1 Å². The van der Waals surface area contributed by atoms with Crippen LogP contribution in [0, 0.1) is 5.92 Å². The van der Waals surface area contributed by atoms with Crippen molar-refractivity contribution in [3.05, 3.63) is 52.4 Å². The second-order valence-corrected chi connectivity index (χ2v) is 7.33. The van der Waals surface area contributed by atoms with E-state index in [0.29, 0.717) is 22.7 Å². The van der Waals surface area contributed by atoms with Crippen LogP contribution in [0.3, 0.4) is 0 Å². The average molecular weight is 435 g/mol. The third-order valence-corrected chi connectivity index (χ3v) is 5.16. The van der Waals surface area contributed by atoms with E-state index in [4.69, 9.17) is 4.42 Å². The van der Waals surface area contributed by atoms with Crippen molar-refractivity contribution in [3.8, 4) is 0 Å².